The van der Waals surface area contributed by atoms with Crippen molar-refractivity contribution in [1.82, 2.24) is 0 Å². The summed E-state index contributed by atoms with van der Waals surface area (Å²) in [6.45, 7) is 3.53. The zero-order chi connectivity index (χ0) is 11.5. The van der Waals surface area contributed by atoms with Crippen LogP contribution in [0.4, 0.5) is 0 Å². The Morgan fingerprint density at radius 1 is 1.40 bits per heavy atom. The molecule has 4 nitrogen and oxygen atoms in total. The molecule has 0 unspecified atom stereocenters. The van der Waals surface area contributed by atoms with E-state index in [-0.39, 0.29) is 13.2 Å². The fourth-order valence-electron chi connectivity index (χ4n) is 1.16. The predicted octanol–water partition coefficient (Wildman–Crippen LogP) is 1.19. The highest BCUT2D eigenvalue weighted by Crippen LogP contribution is 2.12. The number of hydrogen-bond donors (Lipinski definition) is 1. The molecule has 1 aliphatic carbocycles. The fourth-order valence-corrected chi connectivity index (χ4v) is 1.16. The molecular weight excluding hydrogens is 194 g/mol. The van der Waals surface area contributed by atoms with E-state index >= 15 is 0 Å². The Bertz CT molecular complexity index is 206. The van der Waals surface area contributed by atoms with Crippen LogP contribution in [-0.4, -0.2) is 24.9 Å². The lowest BCUT2D eigenvalue weighted by molar-refractivity contribution is -0.140. The Kier molecular flexibility index (Phi) is 8.67. The average Bonchev–Trinajstić information content (AvgIpc) is 2.28. The second-order valence-electron chi connectivity index (χ2n) is 3.28. The maximum atomic E-state index is 10.5. The molecule has 1 saturated carbocycles. The Morgan fingerprint density at radius 2 is 2.00 bits per heavy atom. The van der Waals surface area contributed by atoms with Crippen LogP contribution in [-0.2, 0) is 14.3 Å². The second-order valence-corrected chi connectivity index (χ2v) is 3.28. The van der Waals surface area contributed by atoms with Crippen LogP contribution in [0.2, 0.25) is 0 Å². The van der Waals surface area contributed by atoms with Crippen molar-refractivity contribution in [2.24, 2.45) is 5.73 Å². The van der Waals surface area contributed by atoms with Gasteiger partial charge in [-0.3, -0.25) is 9.59 Å². The maximum Gasteiger partial charge on any atom is 0.320 e. The third-order valence-corrected chi connectivity index (χ3v) is 1.94. The van der Waals surface area contributed by atoms with E-state index in [9.17, 15) is 9.59 Å². The van der Waals surface area contributed by atoms with E-state index in [0.29, 0.717) is 5.78 Å². The third-order valence-electron chi connectivity index (χ3n) is 1.94. The van der Waals surface area contributed by atoms with Crippen molar-refractivity contribution < 1.29 is 14.3 Å². The minimum absolute atomic E-state index is 0.0617. The van der Waals surface area contributed by atoms with E-state index in [0.717, 1.165) is 25.7 Å². The highest BCUT2D eigenvalue weighted by atomic mass is 16.5. The lowest BCUT2D eigenvalue weighted by Crippen LogP contribution is -2.16. The first kappa shape index (κ1) is 13.8. The molecule has 1 fully saturated rings. The van der Waals surface area contributed by atoms with Crippen LogP contribution in [0.15, 0.2) is 12.7 Å². The first-order valence-corrected chi connectivity index (χ1v) is 5.19. The SMILES string of the molecule is C=CCOC(=O)CN.O=C1CCCCC1. The number of ketones is 1. The zero-order valence-corrected chi connectivity index (χ0v) is 9.04. The highest BCUT2D eigenvalue weighted by Gasteiger charge is 2.05. The van der Waals surface area contributed by atoms with Gasteiger partial charge in [-0.15, -0.1) is 0 Å². The summed E-state index contributed by atoms with van der Waals surface area (Å²) in [4.78, 5) is 20.6. The Labute approximate surface area is 90.5 Å². The molecule has 0 spiro atoms. The van der Waals surface area contributed by atoms with Crippen LogP contribution in [0.1, 0.15) is 32.1 Å². The number of Topliss-reactive ketones (excluding diaryl/α,β-unsaturated/α-hetero) is 1. The standard InChI is InChI=1S/C6H10O.C5H9NO2/c7-6-4-2-1-3-5-6;1-2-3-8-5(7)4-6/h1-5H2;2H,1,3-4,6H2. The largest absolute Gasteiger partial charge is 0.461 e. The molecule has 15 heavy (non-hydrogen) atoms. The predicted molar refractivity (Wildman–Crippen MR) is 58.3 cm³/mol. The normalized spacial score (nSPS) is 14.9. The molecule has 86 valence electrons. The van der Waals surface area contributed by atoms with Crippen molar-refractivity contribution in [1.29, 1.82) is 0 Å². The molecule has 4 heteroatoms. The summed E-state index contributed by atoms with van der Waals surface area (Å²) in [6, 6.07) is 0. The summed E-state index contributed by atoms with van der Waals surface area (Å²) in [6.07, 6.45) is 6.73. The summed E-state index contributed by atoms with van der Waals surface area (Å²) < 4.78 is 4.46. The molecule has 0 aliphatic heterocycles. The zero-order valence-electron chi connectivity index (χ0n) is 9.04. The van der Waals surface area contributed by atoms with Gasteiger partial charge in [-0.05, 0) is 12.8 Å². The van der Waals surface area contributed by atoms with Crippen molar-refractivity contribution in [3.8, 4) is 0 Å². The number of carbonyl (C=O) groups is 2. The van der Waals surface area contributed by atoms with Gasteiger partial charge in [-0.1, -0.05) is 19.1 Å². The van der Waals surface area contributed by atoms with Crippen LogP contribution in [0.3, 0.4) is 0 Å². The number of ether oxygens (including phenoxy) is 1. The quantitative estimate of drug-likeness (QED) is 0.565. The molecule has 1 aliphatic rings. The smallest absolute Gasteiger partial charge is 0.320 e. The van der Waals surface area contributed by atoms with Gasteiger partial charge in [0.15, 0.2) is 0 Å². The van der Waals surface area contributed by atoms with Gasteiger partial charge in [-0.25, -0.2) is 0 Å². The van der Waals surface area contributed by atoms with Crippen molar-refractivity contribution in [2.75, 3.05) is 13.2 Å². The van der Waals surface area contributed by atoms with Gasteiger partial charge < -0.3 is 10.5 Å². The van der Waals surface area contributed by atoms with Crippen molar-refractivity contribution in [2.45, 2.75) is 32.1 Å². The summed E-state index contributed by atoms with van der Waals surface area (Å²) in [5.74, 6) is 0.0659. The number of esters is 1. The lowest BCUT2D eigenvalue weighted by Gasteiger charge is -2.05. The van der Waals surface area contributed by atoms with E-state index in [2.05, 4.69) is 11.3 Å². The van der Waals surface area contributed by atoms with Crippen LogP contribution in [0.5, 0.6) is 0 Å². The van der Waals surface area contributed by atoms with E-state index in [1.165, 1.54) is 12.5 Å². The molecule has 0 aromatic carbocycles. The Morgan fingerprint density at radius 3 is 2.33 bits per heavy atom. The van der Waals surface area contributed by atoms with Gasteiger partial charge in [0.1, 0.15) is 12.4 Å². The molecule has 1 rings (SSSR count). The van der Waals surface area contributed by atoms with E-state index in [4.69, 9.17) is 5.73 Å². The molecule has 0 saturated heterocycles. The topological polar surface area (TPSA) is 69.4 Å². The molecule has 0 bridgehead atoms. The number of hydrogen-bond acceptors (Lipinski definition) is 4. The Balaban J connectivity index is 0.000000262. The highest BCUT2D eigenvalue weighted by molar-refractivity contribution is 5.78. The molecule has 0 amide bonds. The fraction of sp³-hybridized carbons (Fsp3) is 0.636. The molecule has 0 aromatic rings. The molecule has 0 radical (unpaired) electrons. The van der Waals surface area contributed by atoms with Crippen molar-refractivity contribution in [3.05, 3.63) is 12.7 Å². The van der Waals surface area contributed by atoms with Gasteiger partial charge >= 0.3 is 5.97 Å². The Hall–Kier alpha value is -1.16. The minimum Gasteiger partial charge on any atom is -0.461 e. The van der Waals surface area contributed by atoms with Gasteiger partial charge in [-0.2, -0.15) is 0 Å². The summed E-state index contributed by atoms with van der Waals surface area (Å²) in [5, 5.41) is 0. The van der Waals surface area contributed by atoms with E-state index in [1.54, 1.807) is 0 Å². The monoisotopic (exact) mass is 213 g/mol. The van der Waals surface area contributed by atoms with E-state index in [1.807, 2.05) is 0 Å². The molecular formula is C11H19NO3. The van der Waals surface area contributed by atoms with E-state index < -0.39 is 5.97 Å². The van der Waals surface area contributed by atoms with Crippen molar-refractivity contribution >= 4 is 11.8 Å². The number of nitrogens with two attached hydrogens (primary N) is 1. The van der Waals surface area contributed by atoms with Gasteiger partial charge in [0, 0.05) is 12.8 Å². The number of rotatable bonds is 3. The second kappa shape index (κ2) is 9.40. The van der Waals surface area contributed by atoms with Gasteiger partial charge in [0.05, 0.1) is 6.54 Å². The van der Waals surface area contributed by atoms with Crippen molar-refractivity contribution in [3.63, 3.8) is 0 Å². The molecule has 0 heterocycles. The minimum atomic E-state index is -0.398. The van der Waals surface area contributed by atoms with Crippen LogP contribution in [0.25, 0.3) is 0 Å². The summed E-state index contributed by atoms with van der Waals surface area (Å²) in [5.41, 5.74) is 4.90. The molecule has 0 aromatic heterocycles. The van der Waals surface area contributed by atoms with Gasteiger partial charge in [0.2, 0.25) is 0 Å². The van der Waals surface area contributed by atoms with Crippen LogP contribution in [0, 0.1) is 0 Å². The molecule has 0 atom stereocenters. The molecule has 2 N–H and O–H groups in total. The summed E-state index contributed by atoms with van der Waals surface area (Å²) in [7, 11) is 0. The van der Waals surface area contributed by atoms with Crippen LogP contribution < -0.4 is 5.73 Å². The first-order chi connectivity index (χ1) is 7.20. The third kappa shape index (κ3) is 9.15. The average molecular weight is 213 g/mol. The first-order valence-electron chi connectivity index (χ1n) is 5.19. The van der Waals surface area contributed by atoms with Crippen LogP contribution >= 0.6 is 0 Å². The summed E-state index contributed by atoms with van der Waals surface area (Å²) >= 11 is 0. The maximum absolute atomic E-state index is 10.5. The number of carbonyl (C=O) groups excluding carboxylic acids is 2. The van der Waals surface area contributed by atoms with Gasteiger partial charge in [0.25, 0.3) is 0 Å². The lowest BCUT2D eigenvalue weighted by atomic mass is 10.00.